The van der Waals surface area contributed by atoms with Gasteiger partial charge in [-0.25, -0.2) is 5.10 Å². The van der Waals surface area contributed by atoms with Crippen LogP contribution in [0.2, 0.25) is 0 Å². The number of amides is 1. The van der Waals surface area contributed by atoms with E-state index in [9.17, 15) is 4.79 Å². The van der Waals surface area contributed by atoms with E-state index in [1.165, 1.54) is 11.8 Å². The van der Waals surface area contributed by atoms with Gasteiger partial charge in [0.15, 0.2) is 0 Å². The smallest absolute Gasteiger partial charge is 0.236 e. The Labute approximate surface area is 112 Å². The molecule has 7 heteroatoms. The predicted octanol–water partition coefficient (Wildman–Crippen LogP) is 1.51. The molecule has 1 heterocycles. The highest BCUT2D eigenvalue weighted by Gasteiger charge is 2.26. The number of nitrogens with one attached hydrogen (secondary N) is 1. The molecular weight excluding hydrogens is 250 g/mol. The number of anilines is 1. The maximum atomic E-state index is 12.3. The van der Waals surface area contributed by atoms with Gasteiger partial charge in [-0.2, -0.15) is 4.98 Å². The largest absolute Gasteiger partial charge is 0.368 e. The first-order valence-electron chi connectivity index (χ1n) is 5.99. The number of nitrogens with zero attached hydrogens (tertiary/aromatic N) is 3. The Kier molecular flexibility index (Phi) is 5.01. The highest BCUT2D eigenvalue weighted by molar-refractivity contribution is 8.00. The molecule has 1 amide bonds. The van der Waals surface area contributed by atoms with Crippen molar-refractivity contribution in [2.24, 2.45) is 0 Å². The third kappa shape index (κ3) is 3.63. The van der Waals surface area contributed by atoms with E-state index < -0.39 is 0 Å². The summed E-state index contributed by atoms with van der Waals surface area (Å²) in [5.41, 5.74) is 5.45. The van der Waals surface area contributed by atoms with Crippen LogP contribution in [-0.2, 0) is 4.79 Å². The van der Waals surface area contributed by atoms with Crippen LogP contribution < -0.4 is 5.73 Å². The molecule has 102 valence electrons. The Morgan fingerprint density at radius 3 is 2.22 bits per heavy atom. The maximum Gasteiger partial charge on any atom is 0.236 e. The number of nitrogen functional groups attached to an aromatic ring is 1. The van der Waals surface area contributed by atoms with Gasteiger partial charge in [-0.15, -0.1) is 5.10 Å². The fraction of sp³-hybridized carbons (Fsp3) is 0.727. The lowest BCUT2D eigenvalue weighted by Gasteiger charge is -2.32. The molecule has 0 fully saturated rings. The zero-order valence-electron chi connectivity index (χ0n) is 11.5. The Balaban J connectivity index is 2.70. The average molecular weight is 271 g/mol. The summed E-state index contributed by atoms with van der Waals surface area (Å²) in [7, 11) is 0. The van der Waals surface area contributed by atoms with Crippen molar-refractivity contribution in [3.63, 3.8) is 0 Å². The third-order valence-corrected chi connectivity index (χ3v) is 3.43. The van der Waals surface area contributed by atoms with Gasteiger partial charge >= 0.3 is 0 Å². The number of aromatic nitrogens is 3. The Hall–Kier alpha value is -1.24. The van der Waals surface area contributed by atoms with Crippen LogP contribution in [0.3, 0.4) is 0 Å². The first-order valence-corrected chi connectivity index (χ1v) is 6.87. The van der Waals surface area contributed by atoms with Crippen molar-refractivity contribution in [2.75, 3.05) is 5.73 Å². The quantitative estimate of drug-likeness (QED) is 0.793. The SMILES string of the molecule is CC(C)N(C(=O)[C@H](C)Sc1n[nH]c(N)n1)C(C)C. The molecule has 1 rings (SSSR count). The van der Waals surface area contributed by atoms with Crippen LogP contribution in [-0.4, -0.2) is 43.3 Å². The van der Waals surface area contributed by atoms with E-state index in [0.717, 1.165) is 0 Å². The number of aromatic amines is 1. The molecule has 0 saturated carbocycles. The predicted molar refractivity (Wildman–Crippen MR) is 73.2 cm³/mol. The highest BCUT2D eigenvalue weighted by atomic mass is 32.2. The van der Waals surface area contributed by atoms with E-state index in [-0.39, 0.29) is 29.2 Å². The van der Waals surface area contributed by atoms with Crippen molar-refractivity contribution >= 4 is 23.6 Å². The molecule has 1 atom stereocenters. The molecule has 0 aliphatic carbocycles. The summed E-state index contributed by atoms with van der Waals surface area (Å²) in [6.45, 7) is 9.91. The molecule has 0 bridgehead atoms. The zero-order chi connectivity index (χ0) is 13.9. The lowest BCUT2D eigenvalue weighted by atomic mass is 10.2. The van der Waals surface area contributed by atoms with Gasteiger partial charge in [-0.1, -0.05) is 11.8 Å². The number of rotatable bonds is 5. The molecule has 0 aliphatic heterocycles. The number of thioether (sulfide) groups is 1. The summed E-state index contributed by atoms with van der Waals surface area (Å²) in [6, 6.07) is 0.357. The topological polar surface area (TPSA) is 87.9 Å². The van der Waals surface area contributed by atoms with Crippen LogP contribution in [0.1, 0.15) is 34.6 Å². The molecule has 0 aromatic carbocycles. The van der Waals surface area contributed by atoms with Crippen LogP contribution in [0.5, 0.6) is 0 Å². The van der Waals surface area contributed by atoms with E-state index in [2.05, 4.69) is 15.2 Å². The van der Waals surface area contributed by atoms with Crippen LogP contribution in [0.25, 0.3) is 0 Å². The molecule has 0 spiro atoms. The fourth-order valence-corrected chi connectivity index (χ4v) is 2.62. The van der Waals surface area contributed by atoms with Crippen molar-refractivity contribution in [3.05, 3.63) is 0 Å². The van der Waals surface area contributed by atoms with Gasteiger partial charge in [-0.3, -0.25) is 4.79 Å². The number of H-pyrrole nitrogens is 1. The molecule has 1 aromatic rings. The first kappa shape index (κ1) is 14.8. The minimum Gasteiger partial charge on any atom is -0.368 e. The second kappa shape index (κ2) is 6.08. The standard InChI is InChI=1S/C11H21N5OS/c1-6(2)16(7(3)4)9(17)8(5)18-11-13-10(12)14-15-11/h6-8H,1-5H3,(H3,12,13,14,15)/t8-/m0/s1. The lowest BCUT2D eigenvalue weighted by molar-refractivity contribution is -0.133. The second-order valence-electron chi connectivity index (χ2n) is 4.70. The van der Waals surface area contributed by atoms with E-state index in [4.69, 9.17) is 5.73 Å². The van der Waals surface area contributed by atoms with Crippen molar-refractivity contribution < 1.29 is 4.79 Å². The maximum absolute atomic E-state index is 12.3. The summed E-state index contributed by atoms with van der Waals surface area (Å²) < 4.78 is 0. The molecule has 6 nitrogen and oxygen atoms in total. The van der Waals surface area contributed by atoms with Crippen LogP contribution in [0.15, 0.2) is 5.16 Å². The molecule has 1 aromatic heterocycles. The molecule has 0 aliphatic rings. The molecule has 3 N–H and O–H groups in total. The summed E-state index contributed by atoms with van der Waals surface area (Å²) in [5, 5.41) is 6.75. The van der Waals surface area contributed by atoms with Gasteiger partial charge in [0.05, 0.1) is 5.25 Å². The molecule has 0 saturated heterocycles. The first-order chi connectivity index (χ1) is 8.32. The molecule has 0 unspecified atom stereocenters. The summed E-state index contributed by atoms with van der Waals surface area (Å²) in [5.74, 6) is 0.357. The van der Waals surface area contributed by atoms with E-state index in [1.54, 1.807) is 0 Å². The van der Waals surface area contributed by atoms with Crippen molar-refractivity contribution in [1.29, 1.82) is 0 Å². The monoisotopic (exact) mass is 271 g/mol. The minimum absolute atomic E-state index is 0.0911. The fourth-order valence-electron chi connectivity index (χ4n) is 1.83. The van der Waals surface area contributed by atoms with E-state index >= 15 is 0 Å². The number of hydrogen-bond acceptors (Lipinski definition) is 5. The van der Waals surface area contributed by atoms with Gasteiger partial charge in [0, 0.05) is 12.1 Å². The number of hydrogen-bond donors (Lipinski definition) is 2. The van der Waals surface area contributed by atoms with Gasteiger partial charge < -0.3 is 10.6 Å². The second-order valence-corrected chi connectivity index (χ2v) is 6.00. The number of carbonyl (C=O) groups excluding carboxylic acids is 1. The van der Waals surface area contributed by atoms with Crippen molar-refractivity contribution in [2.45, 2.75) is 57.1 Å². The van der Waals surface area contributed by atoms with Gasteiger partial charge in [0.2, 0.25) is 17.0 Å². The van der Waals surface area contributed by atoms with E-state index in [0.29, 0.717) is 5.16 Å². The normalized spacial score (nSPS) is 13.1. The highest BCUT2D eigenvalue weighted by Crippen LogP contribution is 2.22. The molecule has 0 radical (unpaired) electrons. The van der Waals surface area contributed by atoms with Crippen LogP contribution >= 0.6 is 11.8 Å². The van der Waals surface area contributed by atoms with Crippen molar-refractivity contribution in [3.8, 4) is 0 Å². The minimum atomic E-state index is -0.231. The average Bonchev–Trinajstić information content (AvgIpc) is 2.62. The van der Waals surface area contributed by atoms with Crippen LogP contribution in [0.4, 0.5) is 5.95 Å². The van der Waals surface area contributed by atoms with Gasteiger partial charge in [0.1, 0.15) is 0 Å². The Morgan fingerprint density at radius 1 is 1.28 bits per heavy atom. The number of nitrogens with two attached hydrogens (primary N) is 1. The Morgan fingerprint density at radius 2 is 1.83 bits per heavy atom. The van der Waals surface area contributed by atoms with E-state index in [1.807, 2.05) is 39.5 Å². The zero-order valence-corrected chi connectivity index (χ0v) is 12.3. The third-order valence-electron chi connectivity index (χ3n) is 2.48. The Bertz CT molecular complexity index is 396. The van der Waals surface area contributed by atoms with Gasteiger partial charge in [0.25, 0.3) is 0 Å². The summed E-state index contributed by atoms with van der Waals surface area (Å²) in [6.07, 6.45) is 0. The lowest BCUT2D eigenvalue weighted by Crippen LogP contribution is -2.45. The van der Waals surface area contributed by atoms with Crippen LogP contribution in [0, 0.1) is 0 Å². The summed E-state index contributed by atoms with van der Waals surface area (Å²) >= 11 is 1.31. The summed E-state index contributed by atoms with van der Waals surface area (Å²) in [4.78, 5) is 18.2. The number of carbonyl (C=O) groups is 1. The van der Waals surface area contributed by atoms with Gasteiger partial charge in [-0.05, 0) is 34.6 Å². The van der Waals surface area contributed by atoms with Crippen molar-refractivity contribution in [1.82, 2.24) is 20.1 Å². The molecular formula is C11H21N5OS. The molecule has 18 heavy (non-hydrogen) atoms.